The predicted octanol–water partition coefficient (Wildman–Crippen LogP) is 4.48. The Labute approximate surface area is 244 Å². The number of benzene rings is 1. The van der Waals surface area contributed by atoms with Gasteiger partial charge in [0.1, 0.15) is 29.8 Å². The summed E-state index contributed by atoms with van der Waals surface area (Å²) in [6, 6.07) is 6.14. The zero-order valence-electron chi connectivity index (χ0n) is 23.7. The molecular weight excluding hydrogens is 565 g/mol. The van der Waals surface area contributed by atoms with Crippen molar-refractivity contribution in [3.63, 3.8) is 0 Å². The molecule has 0 saturated heterocycles. The quantitative estimate of drug-likeness (QED) is 0.278. The maximum Gasteiger partial charge on any atom is 0.432 e. The van der Waals surface area contributed by atoms with E-state index in [4.69, 9.17) is 14.5 Å². The second-order valence-electron chi connectivity index (χ2n) is 10.4. The van der Waals surface area contributed by atoms with Gasteiger partial charge in [0, 0.05) is 18.3 Å². The number of esters is 1. The minimum absolute atomic E-state index is 0.128. The SMILES string of the molecule is CCOC(=O)C(C)N1C=C(C(F)(F)F)NC1c1ccc(Cn2ncc3cnc(-c4c(OC)ncnc4C4CC4)nc32)cc1. The number of ether oxygens (including phenoxy) is 2. The van der Waals surface area contributed by atoms with Crippen LogP contribution < -0.4 is 10.1 Å². The Kier molecular flexibility index (Phi) is 7.36. The molecule has 224 valence electrons. The van der Waals surface area contributed by atoms with E-state index in [9.17, 15) is 18.0 Å². The first-order chi connectivity index (χ1) is 20.7. The topological polar surface area (TPSA) is 120 Å². The standard InChI is InChI=1S/C29H29F3N8O3/c1-4-43-28(41)16(2)39-14-21(29(30,31)32)37-25(39)19-7-5-17(6-8-19)13-40-26-20(12-36-40)11-33-24(38-26)22-23(18-9-10-18)34-15-35-27(22)42-3/h5-8,11-12,14-16,18,25,37H,4,9-10,13H2,1-3H3. The highest BCUT2D eigenvalue weighted by molar-refractivity contribution is 5.77. The Bertz CT molecular complexity index is 1680. The van der Waals surface area contributed by atoms with Crippen LogP contribution >= 0.6 is 0 Å². The molecule has 2 aliphatic rings. The number of nitrogens with one attached hydrogen (secondary N) is 1. The molecule has 1 aliphatic heterocycles. The minimum Gasteiger partial charge on any atom is -0.480 e. The largest absolute Gasteiger partial charge is 0.480 e. The molecular formula is C29H29F3N8O3. The van der Waals surface area contributed by atoms with Gasteiger partial charge in [0.2, 0.25) is 5.88 Å². The van der Waals surface area contributed by atoms with Crippen LogP contribution in [-0.4, -0.2) is 66.5 Å². The van der Waals surface area contributed by atoms with Gasteiger partial charge in [-0.25, -0.2) is 29.4 Å². The molecule has 6 rings (SSSR count). The third kappa shape index (κ3) is 5.56. The molecule has 11 nitrogen and oxygen atoms in total. The van der Waals surface area contributed by atoms with Crippen LogP contribution in [0.15, 0.2) is 54.9 Å². The third-order valence-corrected chi connectivity index (χ3v) is 7.48. The van der Waals surface area contributed by atoms with E-state index in [0.717, 1.165) is 35.7 Å². The Balaban J connectivity index is 1.26. The lowest BCUT2D eigenvalue weighted by atomic mass is 10.1. The monoisotopic (exact) mass is 594 g/mol. The number of carbonyl (C=O) groups is 1. The van der Waals surface area contributed by atoms with Crippen LogP contribution in [0.4, 0.5) is 13.2 Å². The van der Waals surface area contributed by atoms with Crippen LogP contribution in [0.1, 0.15) is 55.6 Å². The molecule has 1 fully saturated rings. The van der Waals surface area contributed by atoms with Gasteiger partial charge in [-0.15, -0.1) is 0 Å². The molecule has 0 bridgehead atoms. The highest BCUT2D eigenvalue weighted by Crippen LogP contribution is 2.45. The molecule has 14 heteroatoms. The van der Waals surface area contributed by atoms with Crippen molar-refractivity contribution in [3.05, 3.63) is 71.7 Å². The summed E-state index contributed by atoms with van der Waals surface area (Å²) in [5.41, 5.74) is 2.61. The van der Waals surface area contributed by atoms with Gasteiger partial charge in [0.25, 0.3) is 0 Å². The lowest BCUT2D eigenvalue weighted by Crippen LogP contribution is -2.40. The van der Waals surface area contributed by atoms with E-state index in [1.165, 1.54) is 18.2 Å². The molecule has 4 aromatic rings. The summed E-state index contributed by atoms with van der Waals surface area (Å²) in [6.07, 6.45) is 2.35. The number of methoxy groups -OCH3 is 1. The van der Waals surface area contributed by atoms with Crippen LogP contribution in [0.5, 0.6) is 5.88 Å². The van der Waals surface area contributed by atoms with Crippen molar-refractivity contribution in [2.45, 2.75) is 57.5 Å². The van der Waals surface area contributed by atoms with Gasteiger partial charge >= 0.3 is 12.1 Å². The van der Waals surface area contributed by atoms with E-state index in [1.807, 2.05) is 12.1 Å². The molecule has 43 heavy (non-hydrogen) atoms. The number of allylic oxidation sites excluding steroid dienone is 1. The van der Waals surface area contributed by atoms with Crippen LogP contribution in [0.25, 0.3) is 22.4 Å². The Hall–Kier alpha value is -4.75. The average Bonchev–Trinajstić information content (AvgIpc) is 3.62. The van der Waals surface area contributed by atoms with Crippen molar-refractivity contribution < 1.29 is 27.4 Å². The summed E-state index contributed by atoms with van der Waals surface area (Å²) in [7, 11) is 1.55. The molecule has 1 N–H and O–H groups in total. The fourth-order valence-electron chi connectivity index (χ4n) is 5.11. The summed E-state index contributed by atoms with van der Waals surface area (Å²) < 4.78 is 53.0. The van der Waals surface area contributed by atoms with Crippen molar-refractivity contribution in [1.29, 1.82) is 0 Å². The maximum absolute atomic E-state index is 13.6. The number of halogens is 3. The zero-order chi connectivity index (χ0) is 30.3. The van der Waals surface area contributed by atoms with Gasteiger partial charge in [0.05, 0.1) is 37.5 Å². The number of alkyl halides is 3. The van der Waals surface area contributed by atoms with E-state index < -0.39 is 30.1 Å². The van der Waals surface area contributed by atoms with Gasteiger partial charge in [0.15, 0.2) is 11.5 Å². The lowest BCUT2D eigenvalue weighted by molar-refractivity contribution is -0.148. The number of aromatic nitrogens is 6. The van der Waals surface area contributed by atoms with Crippen molar-refractivity contribution in [2.75, 3.05) is 13.7 Å². The van der Waals surface area contributed by atoms with Crippen LogP contribution in [-0.2, 0) is 16.1 Å². The summed E-state index contributed by atoms with van der Waals surface area (Å²) >= 11 is 0. The van der Waals surface area contributed by atoms with Crippen molar-refractivity contribution in [3.8, 4) is 17.3 Å². The molecule has 2 unspecified atom stereocenters. The third-order valence-electron chi connectivity index (χ3n) is 7.48. The van der Waals surface area contributed by atoms with E-state index in [1.54, 1.807) is 43.2 Å². The molecule has 1 saturated carbocycles. The second-order valence-corrected chi connectivity index (χ2v) is 10.4. The molecule has 2 atom stereocenters. The smallest absolute Gasteiger partial charge is 0.432 e. The van der Waals surface area contributed by atoms with Crippen molar-refractivity contribution in [1.82, 2.24) is 39.9 Å². The van der Waals surface area contributed by atoms with Crippen LogP contribution in [0.2, 0.25) is 0 Å². The number of nitrogens with zero attached hydrogens (tertiary/aromatic N) is 7. The highest BCUT2D eigenvalue weighted by Gasteiger charge is 2.43. The molecule has 1 aromatic carbocycles. The molecule has 0 radical (unpaired) electrons. The number of carbonyl (C=O) groups excluding carboxylic acids is 1. The molecule has 4 heterocycles. The molecule has 3 aromatic heterocycles. The fraction of sp³-hybridized carbons (Fsp3) is 0.379. The number of hydrogen-bond acceptors (Lipinski definition) is 10. The fourth-order valence-corrected chi connectivity index (χ4v) is 5.11. The minimum atomic E-state index is -4.60. The van der Waals surface area contributed by atoms with Gasteiger partial charge in [-0.3, -0.25) is 0 Å². The Morgan fingerprint density at radius 2 is 1.91 bits per heavy atom. The Morgan fingerprint density at radius 1 is 1.14 bits per heavy atom. The van der Waals surface area contributed by atoms with Crippen molar-refractivity contribution >= 4 is 17.0 Å². The van der Waals surface area contributed by atoms with Crippen molar-refractivity contribution in [2.24, 2.45) is 0 Å². The first kappa shape index (κ1) is 28.4. The van der Waals surface area contributed by atoms with E-state index in [2.05, 4.69) is 25.4 Å². The predicted molar refractivity (Wildman–Crippen MR) is 148 cm³/mol. The van der Waals surface area contributed by atoms with E-state index in [-0.39, 0.29) is 6.61 Å². The first-order valence-corrected chi connectivity index (χ1v) is 13.8. The Morgan fingerprint density at radius 3 is 2.58 bits per heavy atom. The highest BCUT2D eigenvalue weighted by atomic mass is 19.4. The summed E-state index contributed by atoms with van der Waals surface area (Å²) in [6.45, 7) is 3.64. The average molecular weight is 595 g/mol. The van der Waals surface area contributed by atoms with Crippen LogP contribution in [0.3, 0.4) is 0 Å². The second kappa shape index (κ2) is 11.2. The van der Waals surface area contributed by atoms with E-state index in [0.29, 0.717) is 40.9 Å². The van der Waals surface area contributed by atoms with Gasteiger partial charge in [-0.2, -0.15) is 18.3 Å². The van der Waals surface area contributed by atoms with Gasteiger partial charge in [-0.05, 0) is 37.8 Å². The summed E-state index contributed by atoms with van der Waals surface area (Å²) in [5, 5.41) is 7.75. The number of fused-ring (bicyclic) bond motifs is 1. The molecule has 1 aliphatic carbocycles. The van der Waals surface area contributed by atoms with E-state index >= 15 is 0 Å². The maximum atomic E-state index is 13.6. The van der Waals surface area contributed by atoms with Gasteiger partial charge < -0.3 is 19.7 Å². The van der Waals surface area contributed by atoms with Gasteiger partial charge in [-0.1, -0.05) is 24.3 Å². The normalized spacial score (nSPS) is 17.5. The first-order valence-electron chi connectivity index (χ1n) is 13.8. The molecule has 0 amide bonds. The number of rotatable bonds is 9. The summed E-state index contributed by atoms with van der Waals surface area (Å²) in [4.78, 5) is 31.8. The zero-order valence-corrected chi connectivity index (χ0v) is 23.7. The molecule has 0 spiro atoms. The number of hydrogen-bond donors (Lipinski definition) is 1. The van der Waals surface area contributed by atoms with Crippen LogP contribution in [0, 0.1) is 0 Å². The lowest BCUT2D eigenvalue weighted by Gasteiger charge is -2.30. The summed E-state index contributed by atoms with van der Waals surface area (Å²) in [5.74, 6) is 0.567.